The van der Waals surface area contributed by atoms with E-state index in [4.69, 9.17) is 5.11 Å². The Bertz CT molecular complexity index is 479. The Balaban J connectivity index is 3.11. The minimum atomic E-state index is -1.14. The highest BCUT2D eigenvalue weighted by Crippen LogP contribution is 2.18. The van der Waals surface area contributed by atoms with Gasteiger partial charge in [-0.25, -0.2) is 4.79 Å². The van der Waals surface area contributed by atoms with E-state index >= 15 is 0 Å². The van der Waals surface area contributed by atoms with Crippen LogP contribution in [0.1, 0.15) is 29.8 Å². The third-order valence-corrected chi connectivity index (χ3v) is 2.29. The van der Waals surface area contributed by atoms with E-state index in [1.807, 2.05) is 6.92 Å². The zero-order valence-electron chi connectivity index (χ0n) is 9.61. The summed E-state index contributed by atoms with van der Waals surface area (Å²) in [7, 11) is 0. The standard InChI is InChI=1S/C12H13NO4/c1-3-8-4-5-10(9(6-8)12(16)17)13-11(15)7(2)14/h4-6H,3H2,1-2H3,(H,13,15)(H,16,17). The number of nitrogens with one attached hydrogen (secondary N) is 1. The van der Waals surface area contributed by atoms with Crippen LogP contribution in [0.3, 0.4) is 0 Å². The van der Waals surface area contributed by atoms with E-state index < -0.39 is 17.7 Å². The third kappa shape index (κ3) is 3.14. The van der Waals surface area contributed by atoms with E-state index in [0.29, 0.717) is 6.42 Å². The minimum Gasteiger partial charge on any atom is -0.478 e. The lowest BCUT2D eigenvalue weighted by atomic mass is 10.1. The van der Waals surface area contributed by atoms with Crippen molar-refractivity contribution in [2.24, 2.45) is 0 Å². The molecule has 0 heterocycles. The van der Waals surface area contributed by atoms with Crippen molar-refractivity contribution in [3.63, 3.8) is 0 Å². The first-order chi connectivity index (χ1) is 7.95. The Hall–Kier alpha value is -2.17. The summed E-state index contributed by atoms with van der Waals surface area (Å²) < 4.78 is 0. The molecule has 5 nitrogen and oxygen atoms in total. The number of carboxylic acid groups (broad SMARTS) is 1. The van der Waals surface area contributed by atoms with Gasteiger partial charge in [-0.15, -0.1) is 0 Å². The summed E-state index contributed by atoms with van der Waals surface area (Å²) in [5.74, 6) is -2.63. The van der Waals surface area contributed by atoms with Gasteiger partial charge in [0, 0.05) is 6.92 Å². The molecule has 5 heteroatoms. The monoisotopic (exact) mass is 235 g/mol. The van der Waals surface area contributed by atoms with Crippen LogP contribution in [0.25, 0.3) is 0 Å². The molecule has 90 valence electrons. The molecular weight excluding hydrogens is 222 g/mol. The van der Waals surface area contributed by atoms with Gasteiger partial charge in [0.2, 0.25) is 5.78 Å². The van der Waals surface area contributed by atoms with Crippen molar-refractivity contribution in [3.05, 3.63) is 29.3 Å². The molecule has 0 saturated heterocycles. The Morgan fingerprint density at radius 1 is 1.29 bits per heavy atom. The highest BCUT2D eigenvalue weighted by atomic mass is 16.4. The summed E-state index contributed by atoms with van der Waals surface area (Å²) in [5.41, 5.74) is 0.970. The molecule has 0 unspecified atom stereocenters. The third-order valence-electron chi connectivity index (χ3n) is 2.29. The molecule has 0 aliphatic rings. The van der Waals surface area contributed by atoms with Crippen LogP contribution in [-0.2, 0) is 16.0 Å². The topological polar surface area (TPSA) is 83.5 Å². The number of aromatic carboxylic acids is 1. The summed E-state index contributed by atoms with van der Waals surface area (Å²) in [5, 5.41) is 11.3. The number of benzene rings is 1. The van der Waals surface area contributed by atoms with Gasteiger partial charge < -0.3 is 10.4 Å². The lowest BCUT2D eigenvalue weighted by Gasteiger charge is -2.08. The van der Waals surface area contributed by atoms with Gasteiger partial charge in [-0.2, -0.15) is 0 Å². The number of carbonyl (C=O) groups is 3. The molecule has 0 atom stereocenters. The average Bonchev–Trinajstić information content (AvgIpc) is 2.29. The zero-order chi connectivity index (χ0) is 13.0. The number of amides is 1. The Kier molecular flexibility index (Phi) is 3.98. The quantitative estimate of drug-likeness (QED) is 0.774. The summed E-state index contributed by atoms with van der Waals surface area (Å²) in [6, 6.07) is 4.68. The highest BCUT2D eigenvalue weighted by Gasteiger charge is 2.15. The summed E-state index contributed by atoms with van der Waals surface area (Å²) >= 11 is 0. The number of Topliss-reactive ketones (excluding diaryl/α,β-unsaturated/α-hetero) is 1. The van der Waals surface area contributed by atoms with Crippen molar-refractivity contribution in [3.8, 4) is 0 Å². The molecule has 0 fully saturated rings. The van der Waals surface area contributed by atoms with E-state index in [1.54, 1.807) is 6.07 Å². The Morgan fingerprint density at radius 3 is 2.41 bits per heavy atom. The van der Waals surface area contributed by atoms with Crippen molar-refractivity contribution >= 4 is 23.3 Å². The second-order valence-electron chi connectivity index (χ2n) is 3.55. The SMILES string of the molecule is CCc1ccc(NC(=O)C(C)=O)c(C(=O)O)c1. The van der Waals surface area contributed by atoms with E-state index in [2.05, 4.69) is 5.32 Å². The van der Waals surface area contributed by atoms with Crippen molar-refractivity contribution in [1.29, 1.82) is 0 Å². The number of aryl methyl sites for hydroxylation is 1. The van der Waals surface area contributed by atoms with Crippen molar-refractivity contribution in [2.75, 3.05) is 5.32 Å². The van der Waals surface area contributed by atoms with Crippen LogP contribution >= 0.6 is 0 Å². The van der Waals surface area contributed by atoms with Crippen LogP contribution < -0.4 is 5.32 Å². The van der Waals surface area contributed by atoms with Crippen LogP contribution in [0.2, 0.25) is 0 Å². The van der Waals surface area contributed by atoms with Gasteiger partial charge in [0.1, 0.15) is 0 Å². The Morgan fingerprint density at radius 2 is 1.94 bits per heavy atom. The number of hydrogen-bond donors (Lipinski definition) is 2. The molecule has 1 amide bonds. The lowest BCUT2D eigenvalue weighted by molar-refractivity contribution is -0.133. The largest absolute Gasteiger partial charge is 0.478 e. The Labute approximate surface area is 98.4 Å². The maximum atomic E-state index is 11.2. The van der Waals surface area contributed by atoms with Crippen LogP contribution in [-0.4, -0.2) is 22.8 Å². The molecule has 0 aliphatic heterocycles. The van der Waals surface area contributed by atoms with Gasteiger partial charge in [-0.1, -0.05) is 13.0 Å². The van der Waals surface area contributed by atoms with Crippen molar-refractivity contribution < 1.29 is 19.5 Å². The first-order valence-electron chi connectivity index (χ1n) is 5.13. The fraction of sp³-hybridized carbons (Fsp3) is 0.250. The van der Waals surface area contributed by atoms with E-state index in [-0.39, 0.29) is 11.3 Å². The highest BCUT2D eigenvalue weighted by molar-refractivity contribution is 6.40. The normalized spacial score (nSPS) is 9.76. The zero-order valence-corrected chi connectivity index (χ0v) is 9.61. The number of ketones is 1. The molecule has 0 aromatic heterocycles. The number of carboxylic acids is 1. The second-order valence-corrected chi connectivity index (χ2v) is 3.55. The van der Waals surface area contributed by atoms with Gasteiger partial charge in [0.05, 0.1) is 11.3 Å². The number of hydrogen-bond acceptors (Lipinski definition) is 3. The molecule has 0 spiro atoms. The van der Waals surface area contributed by atoms with E-state index in [0.717, 1.165) is 12.5 Å². The molecule has 2 N–H and O–H groups in total. The van der Waals surface area contributed by atoms with E-state index in [9.17, 15) is 14.4 Å². The molecule has 0 saturated carbocycles. The average molecular weight is 235 g/mol. The van der Waals surface area contributed by atoms with Crippen LogP contribution in [0.5, 0.6) is 0 Å². The van der Waals surface area contributed by atoms with Crippen LogP contribution in [0.15, 0.2) is 18.2 Å². The van der Waals surface area contributed by atoms with Gasteiger partial charge in [-0.3, -0.25) is 9.59 Å². The van der Waals surface area contributed by atoms with E-state index in [1.165, 1.54) is 12.1 Å². The lowest BCUT2D eigenvalue weighted by Crippen LogP contribution is -2.21. The predicted molar refractivity (Wildman–Crippen MR) is 62.1 cm³/mol. The van der Waals surface area contributed by atoms with Crippen molar-refractivity contribution in [1.82, 2.24) is 0 Å². The molecule has 0 radical (unpaired) electrons. The first-order valence-corrected chi connectivity index (χ1v) is 5.13. The number of anilines is 1. The molecule has 0 bridgehead atoms. The fourth-order valence-electron chi connectivity index (χ4n) is 1.31. The number of rotatable bonds is 4. The molecule has 17 heavy (non-hydrogen) atoms. The maximum absolute atomic E-state index is 11.2. The number of carbonyl (C=O) groups excluding carboxylic acids is 2. The van der Waals surface area contributed by atoms with Gasteiger partial charge in [-0.05, 0) is 24.1 Å². The molecular formula is C12H13NO4. The molecule has 1 aromatic carbocycles. The smallest absolute Gasteiger partial charge is 0.337 e. The van der Waals surface area contributed by atoms with Gasteiger partial charge >= 0.3 is 5.97 Å². The van der Waals surface area contributed by atoms with Crippen molar-refractivity contribution in [2.45, 2.75) is 20.3 Å². The molecule has 1 rings (SSSR count). The minimum absolute atomic E-state index is 0.0149. The molecule has 1 aromatic rings. The fourth-order valence-corrected chi connectivity index (χ4v) is 1.31. The van der Waals surface area contributed by atoms with Gasteiger partial charge in [0.15, 0.2) is 0 Å². The van der Waals surface area contributed by atoms with Crippen LogP contribution in [0.4, 0.5) is 5.69 Å². The maximum Gasteiger partial charge on any atom is 0.337 e. The first kappa shape index (κ1) is 12.9. The summed E-state index contributed by atoms with van der Waals surface area (Å²) in [4.78, 5) is 33.0. The van der Waals surface area contributed by atoms with Crippen LogP contribution in [0, 0.1) is 0 Å². The molecule has 0 aliphatic carbocycles. The predicted octanol–water partition coefficient (Wildman–Crippen LogP) is 1.47. The second kappa shape index (κ2) is 5.25. The van der Waals surface area contributed by atoms with Gasteiger partial charge in [0.25, 0.3) is 5.91 Å². The summed E-state index contributed by atoms with van der Waals surface area (Å²) in [6.45, 7) is 3.02. The summed E-state index contributed by atoms with van der Waals surface area (Å²) in [6.07, 6.45) is 0.696.